The van der Waals surface area contributed by atoms with E-state index in [4.69, 9.17) is 17.2 Å². The Balaban J connectivity index is 0. The van der Waals surface area contributed by atoms with E-state index in [0.717, 1.165) is 0 Å². The van der Waals surface area contributed by atoms with Crippen molar-refractivity contribution in [2.75, 3.05) is 19.6 Å². The molecule has 0 aromatic rings. The van der Waals surface area contributed by atoms with Crippen molar-refractivity contribution < 1.29 is 0 Å². The summed E-state index contributed by atoms with van der Waals surface area (Å²) in [6.45, 7) is 5.13. The second-order valence-electron chi connectivity index (χ2n) is 2.11. The van der Waals surface area contributed by atoms with Crippen molar-refractivity contribution in [3.05, 3.63) is 6.92 Å². The molecule has 0 amide bonds. The first-order chi connectivity index (χ1) is 3.68. The molecular weight excluding hydrogens is 175 g/mol. The minimum absolute atomic E-state index is 0. The summed E-state index contributed by atoms with van der Waals surface area (Å²) in [5, 5.41) is 0. The van der Waals surface area contributed by atoms with Gasteiger partial charge in [-0.05, 0) is 6.92 Å². The molecule has 0 bridgehead atoms. The molecule has 0 aromatic carbocycles. The molecule has 0 atom stereocenters. The van der Waals surface area contributed by atoms with Gasteiger partial charge in [0.25, 0.3) is 0 Å². The fraction of sp³-hybridized carbons (Fsp3) is 0.800. The summed E-state index contributed by atoms with van der Waals surface area (Å²) in [6, 6.07) is 0. The molecule has 0 saturated heterocycles. The molecule has 0 heterocycles. The Bertz CT molecular complexity index is 55.0. The van der Waals surface area contributed by atoms with Gasteiger partial charge in [-0.15, -0.1) is 0 Å². The fourth-order valence-electron chi connectivity index (χ4n) is 0.250. The normalized spacial score (nSPS) is 10.7. The van der Waals surface area contributed by atoms with E-state index >= 15 is 0 Å². The van der Waals surface area contributed by atoms with Crippen LogP contribution in [0.25, 0.3) is 0 Å². The van der Waals surface area contributed by atoms with Crippen LogP contribution in [0.15, 0.2) is 0 Å². The fourth-order valence-corrected chi connectivity index (χ4v) is 0.250. The van der Waals surface area contributed by atoms with Gasteiger partial charge in [0.15, 0.2) is 0 Å². The van der Waals surface area contributed by atoms with Crippen molar-refractivity contribution in [3.63, 3.8) is 0 Å². The van der Waals surface area contributed by atoms with E-state index in [1.165, 1.54) is 0 Å². The van der Waals surface area contributed by atoms with E-state index in [9.17, 15) is 0 Å². The van der Waals surface area contributed by atoms with Gasteiger partial charge in [0, 0.05) is 25.0 Å². The van der Waals surface area contributed by atoms with Crippen LogP contribution in [-0.2, 0) is 0 Å². The zero-order valence-corrected chi connectivity index (χ0v) is 5.06. The van der Waals surface area contributed by atoms with Gasteiger partial charge in [-0.25, -0.2) is 0 Å². The number of hydrogen-bond acceptors (Lipinski definition) is 3. The van der Waals surface area contributed by atoms with Crippen molar-refractivity contribution in [1.29, 1.82) is 0 Å². The third kappa shape index (κ3) is 3.91. The SMILES string of the molecule is [CH2]C(CN)(CN)CN.[GeH4]. The molecule has 0 rings (SSSR count). The van der Waals surface area contributed by atoms with Crippen molar-refractivity contribution >= 4 is 17.6 Å². The summed E-state index contributed by atoms with van der Waals surface area (Å²) >= 11 is 0. The Morgan fingerprint density at radius 3 is 1.22 bits per heavy atom. The monoisotopic (exact) mass is 194 g/mol. The van der Waals surface area contributed by atoms with E-state index in [2.05, 4.69) is 6.92 Å². The zero-order chi connectivity index (χ0) is 6.62. The van der Waals surface area contributed by atoms with E-state index < -0.39 is 0 Å². The summed E-state index contributed by atoms with van der Waals surface area (Å²) < 4.78 is 0. The Hall–Kier alpha value is 0.423. The Kier molecular flexibility index (Phi) is 7.05. The van der Waals surface area contributed by atoms with Gasteiger partial charge >= 0.3 is 17.6 Å². The van der Waals surface area contributed by atoms with E-state index in [-0.39, 0.29) is 23.0 Å². The van der Waals surface area contributed by atoms with Crippen LogP contribution in [0.4, 0.5) is 0 Å². The van der Waals surface area contributed by atoms with Gasteiger partial charge < -0.3 is 17.2 Å². The molecule has 0 aliphatic heterocycles. The molecule has 0 saturated carbocycles. The molecule has 6 N–H and O–H groups in total. The van der Waals surface area contributed by atoms with Gasteiger partial charge in [0.1, 0.15) is 0 Å². The van der Waals surface area contributed by atoms with Gasteiger partial charge in [-0.3, -0.25) is 0 Å². The van der Waals surface area contributed by atoms with Crippen LogP contribution in [0.5, 0.6) is 0 Å². The van der Waals surface area contributed by atoms with Crippen LogP contribution < -0.4 is 17.2 Å². The Morgan fingerprint density at radius 2 is 1.22 bits per heavy atom. The van der Waals surface area contributed by atoms with Crippen LogP contribution >= 0.6 is 0 Å². The van der Waals surface area contributed by atoms with Crippen molar-refractivity contribution in [3.8, 4) is 0 Å². The molecule has 0 aliphatic rings. The number of hydrogen-bond donors (Lipinski definition) is 3. The maximum atomic E-state index is 5.31. The second kappa shape index (κ2) is 5.23. The van der Waals surface area contributed by atoms with Crippen molar-refractivity contribution in [1.82, 2.24) is 0 Å². The van der Waals surface area contributed by atoms with E-state index in [0.29, 0.717) is 19.6 Å². The third-order valence-corrected chi connectivity index (χ3v) is 1.30. The Morgan fingerprint density at radius 1 is 1.00 bits per heavy atom. The summed E-state index contributed by atoms with van der Waals surface area (Å²) in [5.74, 6) is 0. The second-order valence-corrected chi connectivity index (χ2v) is 2.11. The molecule has 1 radical (unpaired) electrons. The summed E-state index contributed by atoms with van der Waals surface area (Å²) in [4.78, 5) is 0. The zero-order valence-electron chi connectivity index (χ0n) is 5.06. The van der Waals surface area contributed by atoms with Gasteiger partial charge in [-0.2, -0.15) is 0 Å². The quantitative estimate of drug-likeness (QED) is 0.424. The maximum absolute atomic E-state index is 5.31. The molecule has 57 valence electrons. The van der Waals surface area contributed by atoms with E-state index in [1.807, 2.05) is 0 Å². The molecule has 9 heavy (non-hydrogen) atoms. The predicted octanol–water partition coefficient (Wildman–Crippen LogP) is -2.77. The average Bonchev–Trinajstić information content (AvgIpc) is 1.87. The van der Waals surface area contributed by atoms with Crippen molar-refractivity contribution in [2.45, 2.75) is 0 Å². The predicted molar refractivity (Wildman–Crippen MR) is 46.3 cm³/mol. The first-order valence-corrected chi connectivity index (χ1v) is 2.64. The van der Waals surface area contributed by atoms with Crippen LogP contribution in [0.3, 0.4) is 0 Å². The van der Waals surface area contributed by atoms with E-state index in [1.54, 1.807) is 0 Å². The number of nitrogens with two attached hydrogens (primary N) is 3. The van der Waals surface area contributed by atoms with Crippen LogP contribution in [0.1, 0.15) is 0 Å². The van der Waals surface area contributed by atoms with Crippen LogP contribution in [0.2, 0.25) is 0 Å². The number of rotatable bonds is 3. The minimum atomic E-state index is -0.292. The van der Waals surface area contributed by atoms with Crippen LogP contribution in [-0.4, -0.2) is 37.2 Å². The summed E-state index contributed by atoms with van der Waals surface area (Å²) in [7, 11) is 0. The van der Waals surface area contributed by atoms with Gasteiger partial charge in [-0.1, -0.05) is 0 Å². The molecular formula is C5H18GeN3. The molecule has 0 fully saturated rings. The molecule has 0 aliphatic carbocycles. The molecule has 0 spiro atoms. The standard InChI is InChI=1S/C5H14N3.GeH4/c1-5(2-6,3-7)4-8;/h1-4,6-8H2;1H4. The first-order valence-electron chi connectivity index (χ1n) is 2.64. The first kappa shape index (κ1) is 12.1. The molecule has 0 aromatic heterocycles. The Labute approximate surface area is 67.3 Å². The summed E-state index contributed by atoms with van der Waals surface area (Å²) in [6.07, 6.45) is 0. The van der Waals surface area contributed by atoms with Gasteiger partial charge in [0.2, 0.25) is 0 Å². The molecule has 3 nitrogen and oxygen atoms in total. The van der Waals surface area contributed by atoms with Crippen LogP contribution in [0, 0.1) is 12.3 Å². The van der Waals surface area contributed by atoms with Crippen molar-refractivity contribution in [2.24, 2.45) is 22.6 Å². The average molecular weight is 193 g/mol. The summed E-state index contributed by atoms with van der Waals surface area (Å²) in [5.41, 5.74) is 15.6. The topological polar surface area (TPSA) is 78.1 Å². The third-order valence-electron chi connectivity index (χ3n) is 1.30. The molecule has 4 heteroatoms. The van der Waals surface area contributed by atoms with Gasteiger partial charge in [0.05, 0.1) is 0 Å². The molecule has 0 unspecified atom stereocenters.